The standard InChI is InChI=1S/C5H10N2OS/c1-6-9(8)4-2-7-3-5-9/h2H,3-5H2,1H3. The van der Waals surface area contributed by atoms with Crippen LogP contribution in [0.15, 0.2) is 9.36 Å². The Kier molecular flexibility index (Phi) is 1.85. The van der Waals surface area contributed by atoms with Crippen molar-refractivity contribution in [2.45, 2.75) is 0 Å². The second-order valence-electron chi connectivity index (χ2n) is 1.91. The Morgan fingerprint density at radius 1 is 1.78 bits per heavy atom. The minimum atomic E-state index is -1.85. The molecule has 0 saturated carbocycles. The number of aliphatic imine (C=N–C) groups is 1. The molecule has 1 unspecified atom stereocenters. The quantitative estimate of drug-likeness (QED) is 0.480. The summed E-state index contributed by atoms with van der Waals surface area (Å²) in [5, 5.41) is 0. The number of hydrogen-bond acceptors (Lipinski definition) is 3. The highest BCUT2D eigenvalue weighted by atomic mass is 32.2. The van der Waals surface area contributed by atoms with E-state index in [0.717, 1.165) is 0 Å². The summed E-state index contributed by atoms with van der Waals surface area (Å²) in [4.78, 5) is 3.96. The third-order valence-corrected chi connectivity index (χ3v) is 3.49. The van der Waals surface area contributed by atoms with Gasteiger partial charge in [0.05, 0.1) is 27.8 Å². The third-order valence-electron chi connectivity index (χ3n) is 1.34. The average Bonchev–Trinajstić information content (AvgIpc) is 1.90. The van der Waals surface area contributed by atoms with E-state index >= 15 is 0 Å². The van der Waals surface area contributed by atoms with Crippen molar-refractivity contribution in [3.05, 3.63) is 0 Å². The predicted molar refractivity (Wildman–Crippen MR) is 39.6 cm³/mol. The van der Waals surface area contributed by atoms with Gasteiger partial charge < -0.3 is 0 Å². The molecular formula is C5H10N2OS. The van der Waals surface area contributed by atoms with E-state index in [1.807, 2.05) is 0 Å². The van der Waals surface area contributed by atoms with Crippen molar-refractivity contribution < 1.29 is 4.21 Å². The molecule has 0 bridgehead atoms. The number of rotatable bonds is 0. The van der Waals surface area contributed by atoms with Crippen LogP contribution in [0, 0.1) is 0 Å². The lowest BCUT2D eigenvalue weighted by molar-refractivity contribution is 0.677. The zero-order valence-corrected chi connectivity index (χ0v) is 6.23. The highest BCUT2D eigenvalue weighted by molar-refractivity contribution is 7.94. The molecule has 0 spiro atoms. The first-order valence-electron chi connectivity index (χ1n) is 2.86. The highest BCUT2D eigenvalue weighted by Crippen LogP contribution is 1.98. The van der Waals surface area contributed by atoms with E-state index in [-0.39, 0.29) is 0 Å². The zero-order valence-electron chi connectivity index (χ0n) is 5.41. The molecule has 0 N–H and O–H groups in total. The van der Waals surface area contributed by atoms with Crippen LogP contribution in [0.2, 0.25) is 0 Å². The molecule has 1 aliphatic heterocycles. The van der Waals surface area contributed by atoms with Crippen molar-refractivity contribution in [2.75, 3.05) is 25.1 Å². The molecule has 1 heterocycles. The van der Waals surface area contributed by atoms with Crippen LogP contribution >= 0.6 is 0 Å². The fourth-order valence-electron chi connectivity index (χ4n) is 0.705. The molecule has 0 amide bonds. The minimum absolute atomic E-state index is 0.545. The van der Waals surface area contributed by atoms with Crippen LogP contribution in [0.5, 0.6) is 0 Å². The Bertz CT molecular complexity index is 225. The summed E-state index contributed by atoms with van der Waals surface area (Å²) in [6.07, 6.45) is 1.71. The largest absolute Gasteiger partial charge is 0.296 e. The maximum atomic E-state index is 11.3. The third kappa shape index (κ3) is 1.51. The Balaban J connectivity index is 2.86. The van der Waals surface area contributed by atoms with Gasteiger partial charge in [-0.25, -0.2) is 8.57 Å². The maximum Gasteiger partial charge on any atom is 0.0667 e. The van der Waals surface area contributed by atoms with Gasteiger partial charge in [0.15, 0.2) is 0 Å². The van der Waals surface area contributed by atoms with E-state index < -0.39 is 9.73 Å². The fraction of sp³-hybridized carbons (Fsp3) is 0.800. The van der Waals surface area contributed by atoms with Crippen LogP contribution < -0.4 is 0 Å². The molecule has 0 aromatic rings. The summed E-state index contributed by atoms with van der Waals surface area (Å²) in [6, 6.07) is 0. The van der Waals surface area contributed by atoms with E-state index in [4.69, 9.17) is 0 Å². The van der Waals surface area contributed by atoms with Gasteiger partial charge in [-0.15, -0.1) is 0 Å². The molecule has 1 rings (SSSR count). The maximum absolute atomic E-state index is 11.3. The first-order chi connectivity index (χ1) is 4.27. The van der Waals surface area contributed by atoms with Crippen molar-refractivity contribution in [3.8, 4) is 0 Å². The lowest BCUT2D eigenvalue weighted by atomic mass is 10.7. The van der Waals surface area contributed by atoms with Crippen molar-refractivity contribution in [3.63, 3.8) is 0 Å². The molecule has 0 aromatic carbocycles. The Labute approximate surface area is 55.4 Å². The topological polar surface area (TPSA) is 41.8 Å². The molecule has 1 atom stereocenters. The van der Waals surface area contributed by atoms with Crippen LogP contribution in [-0.2, 0) is 9.73 Å². The second kappa shape index (κ2) is 2.47. The number of hydrogen-bond donors (Lipinski definition) is 0. The van der Waals surface area contributed by atoms with E-state index in [2.05, 4.69) is 9.36 Å². The van der Waals surface area contributed by atoms with Gasteiger partial charge in [0.1, 0.15) is 0 Å². The van der Waals surface area contributed by atoms with Crippen LogP contribution in [0.25, 0.3) is 0 Å². The molecule has 9 heavy (non-hydrogen) atoms. The van der Waals surface area contributed by atoms with Crippen LogP contribution in [0.4, 0.5) is 0 Å². The molecule has 3 nitrogen and oxygen atoms in total. The Morgan fingerprint density at radius 2 is 2.56 bits per heavy atom. The molecule has 0 saturated heterocycles. The first kappa shape index (κ1) is 6.74. The van der Waals surface area contributed by atoms with Gasteiger partial charge in [0, 0.05) is 13.3 Å². The van der Waals surface area contributed by atoms with E-state index in [1.165, 1.54) is 0 Å². The summed E-state index contributed by atoms with van der Waals surface area (Å²) >= 11 is 0. The molecule has 4 heteroatoms. The van der Waals surface area contributed by atoms with Gasteiger partial charge in [-0.3, -0.25) is 4.99 Å². The molecule has 1 aliphatic rings. The van der Waals surface area contributed by atoms with Gasteiger partial charge in [-0.2, -0.15) is 0 Å². The lowest BCUT2D eigenvalue weighted by Crippen LogP contribution is -2.18. The van der Waals surface area contributed by atoms with Gasteiger partial charge >= 0.3 is 0 Å². The van der Waals surface area contributed by atoms with E-state index in [9.17, 15) is 4.21 Å². The summed E-state index contributed by atoms with van der Waals surface area (Å²) in [7, 11) is -0.240. The normalized spacial score (nSPS) is 34.3. The molecule has 0 fully saturated rings. The van der Waals surface area contributed by atoms with Crippen molar-refractivity contribution in [2.24, 2.45) is 9.36 Å². The summed E-state index contributed by atoms with van der Waals surface area (Å²) < 4.78 is 15.1. The smallest absolute Gasteiger partial charge is 0.0667 e. The van der Waals surface area contributed by atoms with Crippen molar-refractivity contribution in [1.29, 1.82) is 0 Å². The van der Waals surface area contributed by atoms with E-state index in [1.54, 1.807) is 13.3 Å². The fourth-order valence-corrected chi connectivity index (χ4v) is 1.93. The van der Waals surface area contributed by atoms with Gasteiger partial charge in [0.25, 0.3) is 0 Å². The van der Waals surface area contributed by atoms with Gasteiger partial charge in [0.2, 0.25) is 0 Å². The molecule has 52 valence electrons. The summed E-state index contributed by atoms with van der Waals surface area (Å²) in [6.45, 7) is 0.677. The summed E-state index contributed by atoms with van der Waals surface area (Å²) in [5.41, 5.74) is 0. The van der Waals surface area contributed by atoms with E-state index in [0.29, 0.717) is 18.1 Å². The lowest BCUT2D eigenvalue weighted by Gasteiger charge is -2.07. The predicted octanol–water partition coefficient (Wildman–Crippen LogP) is 0.169. The molecule has 0 radical (unpaired) electrons. The average molecular weight is 146 g/mol. The second-order valence-corrected chi connectivity index (χ2v) is 4.57. The summed E-state index contributed by atoms with van der Waals surface area (Å²) in [5.74, 6) is 1.18. The molecular weight excluding hydrogens is 136 g/mol. The van der Waals surface area contributed by atoms with Gasteiger partial charge in [-0.05, 0) is 0 Å². The van der Waals surface area contributed by atoms with Crippen LogP contribution in [0.1, 0.15) is 0 Å². The highest BCUT2D eigenvalue weighted by Gasteiger charge is 2.08. The zero-order chi connectivity index (χ0) is 6.74. The van der Waals surface area contributed by atoms with Crippen molar-refractivity contribution >= 4 is 15.9 Å². The first-order valence-corrected chi connectivity index (χ1v) is 4.71. The van der Waals surface area contributed by atoms with Gasteiger partial charge in [-0.1, -0.05) is 0 Å². The SMILES string of the molecule is CN=S1(=O)CC=NCC1. The molecule has 0 aromatic heterocycles. The Hall–Kier alpha value is -0.380. The van der Waals surface area contributed by atoms with Crippen LogP contribution in [-0.4, -0.2) is 35.5 Å². The Morgan fingerprint density at radius 3 is 2.89 bits per heavy atom. The monoisotopic (exact) mass is 146 g/mol. The van der Waals surface area contributed by atoms with Crippen molar-refractivity contribution in [1.82, 2.24) is 0 Å². The molecule has 0 aliphatic carbocycles. The number of nitrogens with zero attached hydrogens (tertiary/aromatic N) is 2. The minimum Gasteiger partial charge on any atom is -0.296 e. The van der Waals surface area contributed by atoms with Crippen LogP contribution in [0.3, 0.4) is 0 Å².